The van der Waals surface area contributed by atoms with Crippen LogP contribution in [0.4, 0.5) is 4.39 Å². The van der Waals surface area contributed by atoms with Gasteiger partial charge in [-0.15, -0.1) is 0 Å². The Balaban J connectivity index is 1.79. The van der Waals surface area contributed by atoms with E-state index in [-0.39, 0.29) is 18.3 Å². The highest BCUT2D eigenvalue weighted by molar-refractivity contribution is 5.44. The third-order valence-corrected chi connectivity index (χ3v) is 3.65. The Morgan fingerprint density at radius 3 is 2.43 bits per heavy atom. The van der Waals surface area contributed by atoms with E-state index in [2.05, 4.69) is 0 Å². The van der Waals surface area contributed by atoms with Crippen molar-refractivity contribution in [1.82, 2.24) is 0 Å². The Kier molecular flexibility index (Phi) is 4.06. The molecule has 0 spiro atoms. The molecule has 0 saturated carbocycles. The fourth-order valence-corrected chi connectivity index (χ4v) is 2.52. The van der Waals surface area contributed by atoms with Gasteiger partial charge in [-0.05, 0) is 41.8 Å². The number of rotatable bonds is 4. The molecule has 0 amide bonds. The van der Waals surface area contributed by atoms with E-state index in [1.165, 1.54) is 12.1 Å². The molecule has 3 nitrogen and oxygen atoms in total. The highest BCUT2D eigenvalue weighted by Gasteiger charge is 2.15. The van der Waals surface area contributed by atoms with Crippen LogP contribution in [0, 0.1) is 5.82 Å². The molecule has 1 aliphatic heterocycles. The molecule has 0 aliphatic carbocycles. The predicted molar refractivity (Wildman–Crippen MR) is 77.4 cm³/mol. The molecule has 3 rings (SSSR count). The molecule has 1 heterocycles. The van der Waals surface area contributed by atoms with E-state index in [0.717, 1.165) is 22.6 Å². The molecule has 110 valence electrons. The van der Waals surface area contributed by atoms with E-state index in [0.29, 0.717) is 19.6 Å². The minimum absolute atomic E-state index is 0.0140. The van der Waals surface area contributed by atoms with Crippen LogP contribution in [0.25, 0.3) is 0 Å². The van der Waals surface area contributed by atoms with Crippen LogP contribution in [0.15, 0.2) is 42.5 Å². The molecule has 4 heteroatoms. The highest BCUT2D eigenvalue weighted by Crippen LogP contribution is 2.32. The Morgan fingerprint density at radius 1 is 1.00 bits per heavy atom. The second-order valence-corrected chi connectivity index (χ2v) is 5.11. The Labute approximate surface area is 122 Å². The topological polar surface area (TPSA) is 38.7 Å². The number of ether oxygens (including phenoxy) is 2. The zero-order chi connectivity index (χ0) is 14.7. The van der Waals surface area contributed by atoms with Crippen molar-refractivity contribution in [3.63, 3.8) is 0 Å². The Hall–Kier alpha value is -2.07. The molecule has 2 aromatic rings. The number of hydrogen-bond donors (Lipinski definition) is 1. The maximum atomic E-state index is 13.0. The molecular formula is C17H17FO3. The van der Waals surface area contributed by atoms with Crippen molar-refractivity contribution in [3.8, 4) is 11.5 Å². The van der Waals surface area contributed by atoms with E-state index >= 15 is 0 Å². The van der Waals surface area contributed by atoms with Crippen LogP contribution in [0.1, 0.15) is 17.0 Å². The lowest BCUT2D eigenvalue weighted by Crippen LogP contribution is -2.15. The Morgan fingerprint density at radius 2 is 1.71 bits per heavy atom. The maximum Gasteiger partial charge on any atom is 0.161 e. The van der Waals surface area contributed by atoms with Crippen molar-refractivity contribution in [1.29, 1.82) is 0 Å². The summed E-state index contributed by atoms with van der Waals surface area (Å²) in [6.07, 6.45) is 0.665. The first-order valence-electron chi connectivity index (χ1n) is 7.01. The average Bonchev–Trinajstić information content (AvgIpc) is 2.53. The van der Waals surface area contributed by atoms with Gasteiger partial charge in [0, 0.05) is 5.92 Å². The minimum atomic E-state index is -0.269. The zero-order valence-electron chi connectivity index (χ0n) is 11.6. The number of fused-ring (bicyclic) bond motifs is 1. The summed E-state index contributed by atoms with van der Waals surface area (Å²) in [5, 5.41) is 9.60. The predicted octanol–water partition coefficient (Wildman–Crippen LogP) is 2.92. The van der Waals surface area contributed by atoms with Crippen molar-refractivity contribution < 1.29 is 19.0 Å². The van der Waals surface area contributed by atoms with Gasteiger partial charge >= 0.3 is 0 Å². The monoisotopic (exact) mass is 288 g/mol. The summed E-state index contributed by atoms with van der Waals surface area (Å²) in [5.41, 5.74) is 1.98. The lowest BCUT2D eigenvalue weighted by atomic mass is 9.92. The van der Waals surface area contributed by atoms with Crippen molar-refractivity contribution in [2.75, 3.05) is 19.8 Å². The van der Waals surface area contributed by atoms with Gasteiger partial charge in [-0.25, -0.2) is 4.39 Å². The summed E-state index contributed by atoms with van der Waals surface area (Å²) in [4.78, 5) is 0. The third-order valence-electron chi connectivity index (χ3n) is 3.65. The van der Waals surface area contributed by atoms with Gasteiger partial charge in [-0.1, -0.05) is 18.2 Å². The first-order valence-corrected chi connectivity index (χ1v) is 7.01. The zero-order valence-corrected chi connectivity index (χ0v) is 11.6. The summed E-state index contributed by atoms with van der Waals surface area (Å²) < 4.78 is 24.0. The molecule has 0 aromatic heterocycles. The molecule has 0 radical (unpaired) electrons. The van der Waals surface area contributed by atoms with E-state index < -0.39 is 0 Å². The van der Waals surface area contributed by atoms with Gasteiger partial charge < -0.3 is 14.6 Å². The number of hydrogen-bond acceptors (Lipinski definition) is 3. The SMILES string of the molecule is OCC(Cc1ccc2c(c1)OCCO2)c1ccc(F)cc1. The molecule has 1 aliphatic rings. The molecule has 0 saturated heterocycles. The fourth-order valence-electron chi connectivity index (χ4n) is 2.52. The van der Waals surface area contributed by atoms with Gasteiger partial charge in [0.15, 0.2) is 11.5 Å². The molecule has 2 aromatic carbocycles. The van der Waals surface area contributed by atoms with Crippen LogP contribution in [0.3, 0.4) is 0 Å². The normalized spacial score (nSPS) is 14.8. The summed E-state index contributed by atoms with van der Waals surface area (Å²) >= 11 is 0. The molecule has 0 fully saturated rings. The van der Waals surface area contributed by atoms with Gasteiger partial charge in [-0.3, -0.25) is 0 Å². The van der Waals surface area contributed by atoms with Crippen LogP contribution in [0.2, 0.25) is 0 Å². The smallest absolute Gasteiger partial charge is 0.161 e. The minimum Gasteiger partial charge on any atom is -0.486 e. The molecule has 1 unspecified atom stereocenters. The summed E-state index contributed by atoms with van der Waals surface area (Å²) in [6, 6.07) is 12.1. The summed E-state index contributed by atoms with van der Waals surface area (Å²) in [6.45, 7) is 1.14. The molecule has 21 heavy (non-hydrogen) atoms. The van der Waals surface area contributed by atoms with E-state index in [9.17, 15) is 9.50 Å². The van der Waals surface area contributed by atoms with E-state index in [4.69, 9.17) is 9.47 Å². The second-order valence-electron chi connectivity index (χ2n) is 5.11. The third kappa shape index (κ3) is 3.16. The van der Waals surface area contributed by atoms with Crippen LogP contribution >= 0.6 is 0 Å². The molecule has 0 bridgehead atoms. The number of aliphatic hydroxyl groups is 1. The number of aliphatic hydroxyl groups excluding tert-OH is 1. The second kappa shape index (κ2) is 6.14. The lowest BCUT2D eigenvalue weighted by molar-refractivity contribution is 0.171. The summed E-state index contributed by atoms with van der Waals surface area (Å²) in [5.74, 6) is 1.17. The first kappa shape index (κ1) is 13.9. The van der Waals surface area contributed by atoms with Crippen LogP contribution in [-0.2, 0) is 6.42 Å². The van der Waals surface area contributed by atoms with Gasteiger partial charge in [-0.2, -0.15) is 0 Å². The van der Waals surface area contributed by atoms with Gasteiger partial charge in [0.1, 0.15) is 19.0 Å². The molecule has 1 N–H and O–H groups in total. The van der Waals surface area contributed by atoms with Crippen molar-refractivity contribution in [2.24, 2.45) is 0 Å². The fraction of sp³-hybridized carbons (Fsp3) is 0.294. The van der Waals surface area contributed by atoms with Gasteiger partial charge in [0.2, 0.25) is 0 Å². The first-order chi connectivity index (χ1) is 10.3. The summed E-state index contributed by atoms with van der Waals surface area (Å²) in [7, 11) is 0. The van der Waals surface area contributed by atoms with Crippen LogP contribution < -0.4 is 9.47 Å². The number of benzene rings is 2. The van der Waals surface area contributed by atoms with Crippen molar-refractivity contribution >= 4 is 0 Å². The van der Waals surface area contributed by atoms with Crippen LogP contribution in [-0.4, -0.2) is 24.9 Å². The maximum absolute atomic E-state index is 13.0. The average molecular weight is 288 g/mol. The molecular weight excluding hydrogens is 271 g/mol. The van der Waals surface area contributed by atoms with Gasteiger partial charge in [0.25, 0.3) is 0 Å². The van der Waals surface area contributed by atoms with E-state index in [1.807, 2.05) is 18.2 Å². The molecule has 1 atom stereocenters. The van der Waals surface area contributed by atoms with Gasteiger partial charge in [0.05, 0.1) is 6.61 Å². The number of halogens is 1. The standard InChI is InChI=1S/C17H17FO3/c18-15-4-2-13(3-5-15)14(11-19)9-12-1-6-16-17(10-12)21-8-7-20-16/h1-6,10,14,19H,7-9,11H2. The Bertz CT molecular complexity index is 610. The van der Waals surface area contributed by atoms with Crippen LogP contribution in [0.5, 0.6) is 11.5 Å². The van der Waals surface area contributed by atoms with Crippen molar-refractivity contribution in [2.45, 2.75) is 12.3 Å². The lowest BCUT2D eigenvalue weighted by Gasteiger charge is -2.20. The van der Waals surface area contributed by atoms with Crippen molar-refractivity contribution in [3.05, 3.63) is 59.4 Å². The largest absolute Gasteiger partial charge is 0.486 e. The quantitative estimate of drug-likeness (QED) is 0.940. The van der Waals surface area contributed by atoms with E-state index in [1.54, 1.807) is 12.1 Å². The highest BCUT2D eigenvalue weighted by atomic mass is 19.1.